The Labute approximate surface area is 97.1 Å². The summed E-state index contributed by atoms with van der Waals surface area (Å²) in [4.78, 5) is 19.5. The van der Waals surface area contributed by atoms with E-state index in [-0.39, 0.29) is 11.1 Å². The Balaban J connectivity index is 2.14. The van der Waals surface area contributed by atoms with Crippen LogP contribution in [0.3, 0.4) is 0 Å². The van der Waals surface area contributed by atoms with Crippen LogP contribution in [0.5, 0.6) is 0 Å². The van der Waals surface area contributed by atoms with Crippen molar-refractivity contribution in [2.24, 2.45) is 7.05 Å². The molecule has 1 amide bonds. The fraction of sp³-hybridized carbons (Fsp3) is 0.100. The molecule has 0 bridgehead atoms. The molecule has 0 atom stereocenters. The Morgan fingerprint density at radius 3 is 2.81 bits per heavy atom. The molecule has 2 rings (SSSR count). The number of nitrogens with one attached hydrogen (secondary N) is 1. The molecule has 0 saturated carbocycles. The van der Waals surface area contributed by atoms with Gasteiger partial charge in [-0.1, -0.05) is 11.6 Å². The average molecular weight is 237 g/mol. The maximum atomic E-state index is 11.7. The zero-order chi connectivity index (χ0) is 11.5. The van der Waals surface area contributed by atoms with Gasteiger partial charge in [-0.15, -0.1) is 0 Å². The van der Waals surface area contributed by atoms with E-state index in [1.807, 2.05) is 0 Å². The van der Waals surface area contributed by atoms with E-state index in [0.29, 0.717) is 11.5 Å². The maximum absolute atomic E-state index is 11.7. The van der Waals surface area contributed by atoms with E-state index in [9.17, 15) is 4.79 Å². The molecule has 0 aromatic carbocycles. The van der Waals surface area contributed by atoms with Crippen LogP contribution >= 0.6 is 11.6 Å². The fourth-order valence-electron chi connectivity index (χ4n) is 1.25. The first kappa shape index (κ1) is 10.6. The summed E-state index contributed by atoms with van der Waals surface area (Å²) in [5, 5.41) is 2.91. The highest BCUT2D eigenvalue weighted by atomic mass is 35.5. The molecule has 2 aromatic heterocycles. The summed E-state index contributed by atoms with van der Waals surface area (Å²) in [6.07, 6.45) is 4.58. The van der Waals surface area contributed by atoms with Gasteiger partial charge in [0, 0.05) is 13.2 Å². The lowest BCUT2D eigenvalue weighted by Crippen LogP contribution is -2.16. The lowest BCUT2D eigenvalue weighted by atomic mass is 10.4. The number of carbonyl (C=O) groups is 1. The Morgan fingerprint density at radius 2 is 2.25 bits per heavy atom. The highest BCUT2D eigenvalue weighted by Gasteiger charge is 2.09. The number of rotatable bonds is 2. The molecule has 0 aliphatic heterocycles. The second kappa shape index (κ2) is 4.32. The molecule has 16 heavy (non-hydrogen) atoms. The zero-order valence-corrected chi connectivity index (χ0v) is 9.27. The molecule has 0 spiro atoms. The summed E-state index contributed by atoms with van der Waals surface area (Å²) in [7, 11) is 1.79. The van der Waals surface area contributed by atoms with Gasteiger partial charge >= 0.3 is 0 Å². The maximum Gasteiger partial charge on any atom is 0.273 e. The number of hydrogen-bond acceptors (Lipinski definition) is 3. The number of hydrogen-bond donors (Lipinski definition) is 1. The van der Waals surface area contributed by atoms with Crippen LogP contribution in [0.1, 0.15) is 10.5 Å². The number of anilines is 1. The van der Waals surface area contributed by atoms with E-state index in [1.165, 1.54) is 12.4 Å². The summed E-state index contributed by atoms with van der Waals surface area (Å²) < 4.78 is 1.72. The van der Waals surface area contributed by atoms with Crippen LogP contribution in [-0.2, 0) is 7.05 Å². The van der Waals surface area contributed by atoms with Gasteiger partial charge in [0.05, 0.1) is 12.4 Å². The van der Waals surface area contributed by atoms with Crippen LogP contribution in [0, 0.1) is 0 Å². The van der Waals surface area contributed by atoms with Gasteiger partial charge in [0.15, 0.2) is 5.82 Å². The van der Waals surface area contributed by atoms with Crippen molar-refractivity contribution in [3.05, 3.63) is 41.6 Å². The number of aryl methyl sites for hydroxylation is 1. The molecule has 82 valence electrons. The van der Waals surface area contributed by atoms with Crippen LogP contribution < -0.4 is 5.32 Å². The first-order chi connectivity index (χ1) is 7.66. The number of carbonyl (C=O) groups excluding carboxylic acids is 1. The van der Waals surface area contributed by atoms with Crippen LogP contribution in [0.15, 0.2) is 30.7 Å². The van der Waals surface area contributed by atoms with Crippen molar-refractivity contribution in [1.82, 2.24) is 14.5 Å². The first-order valence-electron chi connectivity index (χ1n) is 4.57. The molecule has 2 heterocycles. The Kier molecular flexibility index (Phi) is 2.87. The van der Waals surface area contributed by atoms with Gasteiger partial charge in [-0.3, -0.25) is 4.79 Å². The van der Waals surface area contributed by atoms with Gasteiger partial charge in [-0.25, -0.2) is 9.97 Å². The second-order valence-corrected chi connectivity index (χ2v) is 3.57. The van der Waals surface area contributed by atoms with E-state index in [2.05, 4.69) is 15.3 Å². The summed E-state index contributed by atoms with van der Waals surface area (Å²) >= 11 is 5.58. The van der Waals surface area contributed by atoms with Gasteiger partial charge in [0.1, 0.15) is 10.8 Å². The molecule has 0 radical (unpaired) electrons. The van der Waals surface area contributed by atoms with Crippen LogP contribution in [0.25, 0.3) is 0 Å². The number of nitrogens with zero attached hydrogens (tertiary/aromatic N) is 3. The molecule has 0 aliphatic rings. The molecule has 1 N–H and O–H groups in total. The minimum atomic E-state index is -0.232. The quantitative estimate of drug-likeness (QED) is 0.864. The van der Waals surface area contributed by atoms with E-state index in [0.717, 1.165) is 0 Å². The second-order valence-electron chi connectivity index (χ2n) is 3.18. The van der Waals surface area contributed by atoms with Gasteiger partial charge < -0.3 is 9.88 Å². The van der Waals surface area contributed by atoms with Crippen molar-refractivity contribution >= 4 is 23.3 Å². The summed E-state index contributed by atoms with van der Waals surface area (Å²) in [6.45, 7) is 0. The molecule has 6 heteroatoms. The number of amides is 1. The fourth-order valence-corrected chi connectivity index (χ4v) is 1.35. The SMILES string of the molecule is Cn1cccc1C(=O)Nc1cnc(Cl)cn1. The largest absolute Gasteiger partial charge is 0.347 e. The standard InChI is InChI=1S/C10H9ClN4O/c1-15-4-2-3-7(15)10(16)14-9-6-12-8(11)5-13-9/h2-6H,1H3,(H,13,14,16). The van der Waals surface area contributed by atoms with Crippen molar-refractivity contribution in [3.63, 3.8) is 0 Å². The Morgan fingerprint density at radius 1 is 1.44 bits per heavy atom. The molecule has 0 unspecified atom stereocenters. The molecular weight excluding hydrogens is 228 g/mol. The molecule has 5 nitrogen and oxygen atoms in total. The van der Waals surface area contributed by atoms with Crippen molar-refractivity contribution in [2.75, 3.05) is 5.32 Å². The van der Waals surface area contributed by atoms with Gasteiger partial charge in [0.2, 0.25) is 0 Å². The summed E-state index contributed by atoms with van der Waals surface area (Å²) in [6, 6.07) is 3.52. The lowest BCUT2D eigenvalue weighted by molar-refractivity contribution is 0.101. The minimum absolute atomic E-state index is 0.232. The van der Waals surface area contributed by atoms with Crippen molar-refractivity contribution in [2.45, 2.75) is 0 Å². The lowest BCUT2D eigenvalue weighted by Gasteiger charge is -2.04. The minimum Gasteiger partial charge on any atom is -0.347 e. The predicted molar refractivity (Wildman–Crippen MR) is 60.4 cm³/mol. The van der Waals surface area contributed by atoms with Crippen molar-refractivity contribution in [3.8, 4) is 0 Å². The van der Waals surface area contributed by atoms with Gasteiger partial charge in [0.25, 0.3) is 5.91 Å². The van der Waals surface area contributed by atoms with Gasteiger partial charge in [-0.05, 0) is 12.1 Å². The van der Waals surface area contributed by atoms with Crippen LogP contribution in [0.2, 0.25) is 5.15 Å². The number of aromatic nitrogens is 3. The summed E-state index contributed by atoms with van der Waals surface area (Å²) in [5.41, 5.74) is 0.553. The smallest absolute Gasteiger partial charge is 0.273 e. The first-order valence-corrected chi connectivity index (χ1v) is 4.95. The molecule has 0 saturated heterocycles. The molecule has 0 aliphatic carbocycles. The van der Waals surface area contributed by atoms with E-state index in [1.54, 1.807) is 29.9 Å². The van der Waals surface area contributed by atoms with Crippen molar-refractivity contribution < 1.29 is 4.79 Å². The highest BCUT2D eigenvalue weighted by molar-refractivity contribution is 6.29. The third-order valence-corrected chi connectivity index (χ3v) is 2.23. The van der Waals surface area contributed by atoms with E-state index >= 15 is 0 Å². The molecular formula is C10H9ClN4O. The average Bonchev–Trinajstić information content (AvgIpc) is 2.68. The number of halogens is 1. The van der Waals surface area contributed by atoms with Crippen LogP contribution in [0.4, 0.5) is 5.82 Å². The molecule has 0 fully saturated rings. The van der Waals surface area contributed by atoms with E-state index < -0.39 is 0 Å². The third-order valence-electron chi connectivity index (χ3n) is 2.04. The summed E-state index contributed by atoms with van der Waals surface area (Å²) in [5.74, 6) is 0.139. The Hall–Kier alpha value is -1.88. The van der Waals surface area contributed by atoms with Gasteiger partial charge in [-0.2, -0.15) is 0 Å². The van der Waals surface area contributed by atoms with E-state index in [4.69, 9.17) is 11.6 Å². The normalized spacial score (nSPS) is 10.1. The Bertz CT molecular complexity index is 506. The predicted octanol–water partition coefficient (Wildman–Crippen LogP) is 1.72. The zero-order valence-electron chi connectivity index (χ0n) is 8.51. The van der Waals surface area contributed by atoms with Crippen molar-refractivity contribution in [1.29, 1.82) is 0 Å². The van der Waals surface area contributed by atoms with Crippen LogP contribution in [-0.4, -0.2) is 20.4 Å². The molecule has 2 aromatic rings. The topological polar surface area (TPSA) is 59.8 Å². The highest BCUT2D eigenvalue weighted by Crippen LogP contribution is 2.07. The third kappa shape index (κ3) is 2.20. The monoisotopic (exact) mass is 236 g/mol.